The molecule has 0 radical (unpaired) electrons. The number of hydrogen-bond donors (Lipinski definition) is 1. The van der Waals surface area contributed by atoms with Crippen LogP contribution in [0.15, 0.2) is 18.2 Å². The first kappa shape index (κ1) is 14.4. The van der Waals surface area contributed by atoms with Crippen molar-refractivity contribution in [2.45, 2.75) is 25.3 Å². The Balaban J connectivity index is 2.01. The number of amides is 1. The maximum Gasteiger partial charge on any atom is 0.328 e. The van der Waals surface area contributed by atoms with E-state index in [1.165, 1.54) is 32.2 Å². The topological polar surface area (TPSA) is 55.4 Å². The van der Waals surface area contributed by atoms with Crippen LogP contribution in [0.25, 0.3) is 0 Å². The van der Waals surface area contributed by atoms with Gasteiger partial charge in [0.25, 0.3) is 0 Å². The Kier molecular flexibility index (Phi) is 4.01. The minimum absolute atomic E-state index is 0.0571. The molecule has 0 unspecified atom stereocenters. The van der Waals surface area contributed by atoms with Crippen molar-refractivity contribution in [3.05, 3.63) is 35.4 Å². The van der Waals surface area contributed by atoms with E-state index in [0.29, 0.717) is 6.42 Å². The molecule has 20 heavy (non-hydrogen) atoms. The van der Waals surface area contributed by atoms with E-state index in [4.69, 9.17) is 0 Å². The van der Waals surface area contributed by atoms with Crippen molar-refractivity contribution in [3.63, 3.8) is 0 Å². The molecule has 1 saturated carbocycles. The van der Waals surface area contributed by atoms with Crippen LogP contribution >= 0.6 is 0 Å². The number of ether oxygens (including phenoxy) is 1. The average molecular weight is 283 g/mol. The molecule has 1 aliphatic carbocycles. The van der Waals surface area contributed by atoms with Gasteiger partial charge in [0.15, 0.2) is 0 Å². The molecule has 2 rings (SSSR count). The molecule has 0 aliphatic heterocycles. The second-order valence-electron chi connectivity index (χ2n) is 4.84. The van der Waals surface area contributed by atoms with Crippen molar-refractivity contribution in [1.29, 1.82) is 0 Å². The number of rotatable bonds is 4. The molecule has 1 aliphatic rings. The van der Waals surface area contributed by atoms with Crippen molar-refractivity contribution in [2.24, 2.45) is 5.92 Å². The van der Waals surface area contributed by atoms with Crippen LogP contribution in [0, 0.1) is 17.6 Å². The third-order valence-corrected chi connectivity index (χ3v) is 3.41. The van der Waals surface area contributed by atoms with Crippen LogP contribution in [0.3, 0.4) is 0 Å². The van der Waals surface area contributed by atoms with Gasteiger partial charge in [0.1, 0.15) is 17.7 Å². The number of methoxy groups -OCH3 is 1. The molecule has 0 bridgehead atoms. The van der Waals surface area contributed by atoms with E-state index in [0.717, 1.165) is 0 Å². The van der Waals surface area contributed by atoms with Crippen molar-refractivity contribution in [1.82, 2.24) is 5.32 Å². The van der Waals surface area contributed by atoms with E-state index < -0.39 is 41.4 Å². The molecular weight excluding hydrogens is 268 g/mol. The quantitative estimate of drug-likeness (QED) is 0.856. The third kappa shape index (κ3) is 2.79. The molecule has 0 saturated heterocycles. The lowest BCUT2D eigenvalue weighted by Gasteiger charge is -2.11. The second kappa shape index (κ2) is 5.56. The van der Waals surface area contributed by atoms with Crippen LogP contribution < -0.4 is 5.32 Å². The summed E-state index contributed by atoms with van der Waals surface area (Å²) in [7, 11) is 1.22. The Labute approximate surface area is 115 Å². The van der Waals surface area contributed by atoms with Gasteiger partial charge in [-0.05, 0) is 25.5 Å². The van der Waals surface area contributed by atoms with Gasteiger partial charge in [-0.25, -0.2) is 13.6 Å². The Bertz CT molecular complexity index is 527. The summed E-state index contributed by atoms with van der Waals surface area (Å²) < 4.78 is 31.6. The van der Waals surface area contributed by atoms with Crippen LogP contribution in [-0.4, -0.2) is 25.0 Å². The van der Waals surface area contributed by atoms with E-state index in [2.05, 4.69) is 10.1 Å². The summed E-state index contributed by atoms with van der Waals surface area (Å²) in [5, 5.41) is 2.47. The molecule has 1 aromatic rings. The molecule has 3 atom stereocenters. The fourth-order valence-electron chi connectivity index (χ4n) is 2.22. The van der Waals surface area contributed by atoms with Crippen molar-refractivity contribution < 1.29 is 23.1 Å². The largest absolute Gasteiger partial charge is 0.467 e. The highest BCUT2D eigenvalue weighted by atomic mass is 19.1. The van der Waals surface area contributed by atoms with Gasteiger partial charge in [-0.15, -0.1) is 0 Å². The predicted molar refractivity (Wildman–Crippen MR) is 66.8 cm³/mol. The summed E-state index contributed by atoms with van der Waals surface area (Å²) >= 11 is 0. The number of benzene rings is 1. The van der Waals surface area contributed by atoms with Gasteiger partial charge >= 0.3 is 5.97 Å². The SMILES string of the molecule is COC(=O)[C@H](C)NC(=O)[C@H]1C[C@H]1c1c(F)cccc1F. The van der Waals surface area contributed by atoms with Crippen LogP contribution in [-0.2, 0) is 14.3 Å². The lowest BCUT2D eigenvalue weighted by atomic mass is 10.1. The first-order valence-electron chi connectivity index (χ1n) is 6.27. The first-order chi connectivity index (χ1) is 9.45. The summed E-state index contributed by atoms with van der Waals surface area (Å²) in [5.41, 5.74) is -0.0571. The van der Waals surface area contributed by atoms with E-state index >= 15 is 0 Å². The molecule has 6 heteroatoms. The fraction of sp³-hybridized carbons (Fsp3) is 0.429. The van der Waals surface area contributed by atoms with E-state index in [-0.39, 0.29) is 5.56 Å². The number of hydrogen-bond acceptors (Lipinski definition) is 3. The second-order valence-corrected chi connectivity index (χ2v) is 4.84. The van der Waals surface area contributed by atoms with Gasteiger partial charge in [0.2, 0.25) is 5.91 Å². The molecule has 0 heterocycles. The minimum Gasteiger partial charge on any atom is -0.467 e. The molecule has 1 fully saturated rings. The Morgan fingerprint density at radius 3 is 2.50 bits per heavy atom. The standard InChI is InChI=1S/C14H15F2NO3/c1-7(14(19)20-2)17-13(18)9-6-8(9)12-10(15)4-3-5-11(12)16/h3-5,7-9H,6H2,1-2H3,(H,17,18)/t7-,8+,9-/m0/s1. The summed E-state index contributed by atoms with van der Waals surface area (Å²) in [6.45, 7) is 1.49. The molecule has 4 nitrogen and oxygen atoms in total. The predicted octanol–water partition coefficient (Wildman–Crippen LogP) is 1.75. The first-order valence-corrected chi connectivity index (χ1v) is 6.27. The molecule has 0 aromatic heterocycles. The van der Waals surface area contributed by atoms with Crippen molar-refractivity contribution >= 4 is 11.9 Å². The minimum atomic E-state index is -0.779. The Morgan fingerprint density at radius 2 is 1.95 bits per heavy atom. The highest BCUT2D eigenvalue weighted by Gasteiger charge is 2.47. The van der Waals surface area contributed by atoms with Crippen LogP contribution in [0.5, 0.6) is 0 Å². The van der Waals surface area contributed by atoms with Gasteiger partial charge in [0.05, 0.1) is 7.11 Å². The zero-order chi connectivity index (χ0) is 14.9. The van der Waals surface area contributed by atoms with Crippen LogP contribution in [0.2, 0.25) is 0 Å². The average Bonchev–Trinajstić information content (AvgIpc) is 3.17. The smallest absolute Gasteiger partial charge is 0.328 e. The highest BCUT2D eigenvalue weighted by Crippen LogP contribution is 2.49. The number of carbonyl (C=O) groups excluding carboxylic acids is 2. The van der Waals surface area contributed by atoms with Gasteiger partial charge < -0.3 is 10.1 Å². The summed E-state index contributed by atoms with van der Waals surface area (Å²) in [5.74, 6) is -3.23. The Hall–Kier alpha value is -1.98. The van der Waals surface area contributed by atoms with Crippen molar-refractivity contribution in [3.8, 4) is 0 Å². The maximum absolute atomic E-state index is 13.6. The molecule has 1 aromatic carbocycles. The number of carbonyl (C=O) groups is 2. The zero-order valence-corrected chi connectivity index (χ0v) is 11.2. The third-order valence-electron chi connectivity index (χ3n) is 3.41. The van der Waals surface area contributed by atoms with Gasteiger partial charge in [0, 0.05) is 17.4 Å². The molecule has 108 valence electrons. The summed E-state index contributed by atoms with van der Waals surface area (Å²) in [6, 6.07) is 2.84. The van der Waals surface area contributed by atoms with E-state index in [1.807, 2.05) is 0 Å². The Morgan fingerprint density at radius 1 is 1.35 bits per heavy atom. The number of esters is 1. The molecular formula is C14H15F2NO3. The molecule has 1 amide bonds. The van der Waals surface area contributed by atoms with Crippen LogP contribution in [0.1, 0.15) is 24.8 Å². The maximum atomic E-state index is 13.6. The van der Waals surface area contributed by atoms with E-state index in [9.17, 15) is 18.4 Å². The summed E-state index contributed by atoms with van der Waals surface area (Å²) in [6.07, 6.45) is 0.373. The molecule has 0 spiro atoms. The monoisotopic (exact) mass is 283 g/mol. The lowest BCUT2D eigenvalue weighted by molar-refractivity contribution is -0.144. The highest BCUT2D eigenvalue weighted by molar-refractivity contribution is 5.87. The van der Waals surface area contributed by atoms with Gasteiger partial charge in [-0.1, -0.05) is 6.07 Å². The molecule has 1 N–H and O–H groups in total. The van der Waals surface area contributed by atoms with Gasteiger partial charge in [-0.2, -0.15) is 0 Å². The van der Waals surface area contributed by atoms with E-state index in [1.54, 1.807) is 0 Å². The number of halogens is 2. The number of nitrogens with one attached hydrogen (secondary N) is 1. The lowest BCUT2D eigenvalue weighted by Crippen LogP contribution is -2.40. The fourth-order valence-corrected chi connectivity index (χ4v) is 2.22. The van der Waals surface area contributed by atoms with Crippen molar-refractivity contribution in [2.75, 3.05) is 7.11 Å². The van der Waals surface area contributed by atoms with Gasteiger partial charge in [-0.3, -0.25) is 4.79 Å². The van der Waals surface area contributed by atoms with Crippen LogP contribution in [0.4, 0.5) is 8.78 Å². The zero-order valence-electron chi connectivity index (χ0n) is 11.2. The normalized spacial score (nSPS) is 22.0. The summed E-state index contributed by atoms with van der Waals surface area (Å²) in [4.78, 5) is 23.1.